The molecular formula is C7H17N3. The van der Waals surface area contributed by atoms with Crippen LogP contribution >= 0.6 is 0 Å². The third kappa shape index (κ3) is 2.25. The Morgan fingerprint density at radius 2 is 2.50 bits per heavy atom. The fourth-order valence-corrected chi connectivity index (χ4v) is 1.38. The van der Waals surface area contributed by atoms with Gasteiger partial charge in [-0.25, -0.2) is 0 Å². The van der Waals surface area contributed by atoms with Crippen molar-refractivity contribution in [2.45, 2.75) is 13.0 Å². The Morgan fingerprint density at radius 3 is 3.10 bits per heavy atom. The Kier molecular flexibility index (Phi) is 3.12. The van der Waals surface area contributed by atoms with Crippen molar-refractivity contribution in [3.05, 3.63) is 0 Å². The lowest BCUT2D eigenvalue weighted by atomic mass is 10.2. The Morgan fingerprint density at radius 1 is 1.70 bits per heavy atom. The van der Waals surface area contributed by atoms with E-state index in [4.69, 9.17) is 0 Å². The molecule has 0 saturated carbocycles. The summed E-state index contributed by atoms with van der Waals surface area (Å²) in [6.45, 7) is 6.71. The van der Waals surface area contributed by atoms with Crippen molar-refractivity contribution in [2.75, 3.05) is 33.4 Å². The monoisotopic (exact) mass is 143 g/mol. The lowest BCUT2D eigenvalue weighted by molar-refractivity contribution is 0.198. The lowest BCUT2D eigenvalue weighted by Gasteiger charge is -2.31. The summed E-state index contributed by atoms with van der Waals surface area (Å²) in [4.78, 5) is 2.42. The Bertz CT molecular complexity index is 92.9. The van der Waals surface area contributed by atoms with E-state index in [0.29, 0.717) is 6.04 Å². The van der Waals surface area contributed by atoms with Gasteiger partial charge in [0.2, 0.25) is 0 Å². The highest BCUT2D eigenvalue weighted by Crippen LogP contribution is 1.95. The van der Waals surface area contributed by atoms with Crippen molar-refractivity contribution in [3.63, 3.8) is 0 Å². The zero-order chi connectivity index (χ0) is 7.40. The predicted octanol–water partition coefficient (Wildman–Crippen LogP) is -0.543. The normalized spacial score (nSPS) is 28.8. The van der Waals surface area contributed by atoms with Crippen LogP contribution in [0.4, 0.5) is 0 Å². The van der Waals surface area contributed by atoms with Crippen LogP contribution in [0.5, 0.6) is 0 Å². The Labute approximate surface area is 62.8 Å². The number of nitrogens with zero attached hydrogens (tertiary/aromatic N) is 1. The maximum Gasteiger partial charge on any atom is 0.0479 e. The molecule has 0 aromatic heterocycles. The molecule has 0 aromatic rings. The van der Waals surface area contributed by atoms with Crippen LogP contribution in [0, 0.1) is 0 Å². The maximum atomic E-state index is 3.40. The molecule has 1 saturated heterocycles. The first-order valence-corrected chi connectivity index (χ1v) is 3.93. The topological polar surface area (TPSA) is 27.3 Å². The highest BCUT2D eigenvalue weighted by atomic mass is 15.3. The van der Waals surface area contributed by atoms with E-state index in [1.54, 1.807) is 0 Å². The van der Waals surface area contributed by atoms with Gasteiger partial charge >= 0.3 is 0 Å². The van der Waals surface area contributed by atoms with Gasteiger partial charge in [0.05, 0.1) is 0 Å². The Balaban J connectivity index is 2.18. The first-order chi connectivity index (χ1) is 4.83. The molecule has 1 fully saturated rings. The predicted molar refractivity (Wildman–Crippen MR) is 43.0 cm³/mol. The minimum Gasteiger partial charge on any atom is -0.312 e. The van der Waals surface area contributed by atoms with Crippen LogP contribution in [-0.4, -0.2) is 44.3 Å². The maximum absolute atomic E-state index is 3.40. The van der Waals surface area contributed by atoms with Crippen molar-refractivity contribution in [2.24, 2.45) is 0 Å². The first kappa shape index (κ1) is 7.98. The molecular weight excluding hydrogens is 126 g/mol. The molecule has 1 rings (SSSR count). The van der Waals surface area contributed by atoms with Crippen molar-refractivity contribution in [3.8, 4) is 0 Å². The summed E-state index contributed by atoms with van der Waals surface area (Å²) in [6.07, 6.45) is 0. The summed E-state index contributed by atoms with van der Waals surface area (Å²) >= 11 is 0. The number of nitrogens with one attached hydrogen (secondary N) is 2. The molecule has 1 aliphatic rings. The van der Waals surface area contributed by atoms with Gasteiger partial charge in [0.1, 0.15) is 0 Å². The van der Waals surface area contributed by atoms with Gasteiger partial charge in [0, 0.05) is 32.3 Å². The molecule has 10 heavy (non-hydrogen) atoms. The van der Waals surface area contributed by atoms with Crippen molar-refractivity contribution >= 4 is 0 Å². The lowest BCUT2D eigenvalue weighted by Crippen LogP contribution is -2.51. The molecule has 3 heteroatoms. The van der Waals surface area contributed by atoms with Gasteiger partial charge in [-0.15, -0.1) is 0 Å². The molecule has 0 radical (unpaired) electrons. The SMILES string of the molecule is CNCN1CCNC(C)C1. The fraction of sp³-hybridized carbons (Fsp3) is 1.00. The molecule has 60 valence electrons. The molecule has 1 atom stereocenters. The number of hydrogen-bond acceptors (Lipinski definition) is 3. The van der Waals surface area contributed by atoms with Crippen LogP contribution in [0.15, 0.2) is 0 Å². The van der Waals surface area contributed by atoms with Gasteiger partial charge < -0.3 is 10.6 Å². The van der Waals surface area contributed by atoms with E-state index in [-0.39, 0.29) is 0 Å². The first-order valence-electron chi connectivity index (χ1n) is 3.93. The molecule has 1 aliphatic heterocycles. The summed E-state index contributed by atoms with van der Waals surface area (Å²) < 4.78 is 0. The van der Waals surface area contributed by atoms with E-state index in [9.17, 15) is 0 Å². The van der Waals surface area contributed by atoms with Crippen molar-refractivity contribution in [1.82, 2.24) is 15.5 Å². The quantitative estimate of drug-likeness (QED) is 0.543. The van der Waals surface area contributed by atoms with Crippen LogP contribution in [-0.2, 0) is 0 Å². The van der Waals surface area contributed by atoms with E-state index in [1.165, 1.54) is 13.1 Å². The average molecular weight is 143 g/mol. The summed E-state index contributed by atoms with van der Waals surface area (Å²) in [5.74, 6) is 0. The molecule has 1 heterocycles. The van der Waals surface area contributed by atoms with Gasteiger partial charge in [0.25, 0.3) is 0 Å². The van der Waals surface area contributed by atoms with E-state index in [1.807, 2.05) is 7.05 Å². The molecule has 0 amide bonds. The van der Waals surface area contributed by atoms with Crippen molar-refractivity contribution < 1.29 is 0 Å². The summed E-state index contributed by atoms with van der Waals surface area (Å²) in [7, 11) is 1.99. The molecule has 0 aliphatic carbocycles. The highest BCUT2D eigenvalue weighted by Gasteiger charge is 2.13. The van der Waals surface area contributed by atoms with Crippen LogP contribution in [0.25, 0.3) is 0 Å². The van der Waals surface area contributed by atoms with Crippen LogP contribution in [0.3, 0.4) is 0 Å². The third-order valence-electron chi connectivity index (χ3n) is 1.83. The molecule has 0 aromatic carbocycles. The van der Waals surface area contributed by atoms with Gasteiger partial charge in [-0.2, -0.15) is 0 Å². The zero-order valence-corrected chi connectivity index (χ0v) is 6.85. The molecule has 0 spiro atoms. The summed E-state index contributed by atoms with van der Waals surface area (Å²) in [5.41, 5.74) is 0. The molecule has 3 nitrogen and oxygen atoms in total. The van der Waals surface area contributed by atoms with Crippen LogP contribution in [0.1, 0.15) is 6.92 Å². The largest absolute Gasteiger partial charge is 0.312 e. The number of piperazine rings is 1. The zero-order valence-electron chi connectivity index (χ0n) is 6.85. The summed E-state index contributed by atoms with van der Waals surface area (Å²) in [5, 5.41) is 6.56. The average Bonchev–Trinajstić information content (AvgIpc) is 1.88. The number of hydrogen-bond donors (Lipinski definition) is 2. The molecule has 2 N–H and O–H groups in total. The van der Waals surface area contributed by atoms with Crippen LogP contribution in [0.2, 0.25) is 0 Å². The van der Waals surface area contributed by atoms with Gasteiger partial charge in [-0.05, 0) is 14.0 Å². The van der Waals surface area contributed by atoms with Gasteiger partial charge in [0.15, 0.2) is 0 Å². The van der Waals surface area contributed by atoms with Crippen molar-refractivity contribution in [1.29, 1.82) is 0 Å². The minimum atomic E-state index is 0.655. The van der Waals surface area contributed by atoms with Gasteiger partial charge in [-0.3, -0.25) is 4.90 Å². The third-order valence-corrected chi connectivity index (χ3v) is 1.83. The summed E-state index contributed by atoms with van der Waals surface area (Å²) in [6, 6.07) is 0.655. The minimum absolute atomic E-state index is 0.655. The second-order valence-electron chi connectivity index (χ2n) is 2.94. The Hall–Kier alpha value is -0.120. The second-order valence-corrected chi connectivity index (χ2v) is 2.94. The van der Waals surface area contributed by atoms with Gasteiger partial charge in [-0.1, -0.05) is 0 Å². The molecule has 1 unspecified atom stereocenters. The smallest absolute Gasteiger partial charge is 0.0479 e. The van der Waals surface area contributed by atoms with E-state index in [2.05, 4.69) is 22.5 Å². The van der Waals surface area contributed by atoms with E-state index in [0.717, 1.165) is 13.2 Å². The fourth-order valence-electron chi connectivity index (χ4n) is 1.38. The highest BCUT2D eigenvalue weighted by molar-refractivity contribution is 4.73. The van der Waals surface area contributed by atoms with E-state index >= 15 is 0 Å². The second kappa shape index (κ2) is 3.91. The van der Waals surface area contributed by atoms with E-state index < -0.39 is 0 Å². The number of rotatable bonds is 2. The standard InChI is InChI=1S/C7H17N3/c1-7-5-10(6-8-2)4-3-9-7/h7-9H,3-6H2,1-2H3. The van der Waals surface area contributed by atoms with Crippen LogP contribution < -0.4 is 10.6 Å². The molecule has 0 bridgehead atoms.